The van der Waals surface area contributed by atoms with Gasteiger partial charge in [-0.05, 0) is 44.1 Å². The highest BCUT2D eigenvalue weighted by Crippen LogP contribution is 2.36. The maximum absolute atomic E-state index is 12.2. The number of carbonyl (C=O) groups is 1. The van der Waals surface area contributed by atoms with Crippen LogP contribution in [0.1, 0.15) is 38.5 Å². The lowest BCUT2D eigenvalue weighted by molar-refractivity contribution is -0.123. The number of rotatable bonds is 6. The average Bonchev–Trinajstić information content (AvgIpc) is 2.70. The van der Waals surface area contributed by atoms with E-state index >= 15 is 0 Å². The molecule has 0 radical (unpaired) electrons. The summed E-state index contributed by atoms with van der Waals surface area (Å²) in [5.74, 6) is 2.92. The van der Waals surface area contributed by atoms with Gasteiger partial charge in [0.15, 0.2) is 11.5 Å². The number of piperidine rings is 1. The number of aromatic nitrogens is 2. The van der Waals surface area contributed by atoms with E-state index in [1.807, 2.05) is 12.1 Å². The van der Waals surface area contributed by atoms with Crippen molar-refractivity contribution in [3.05, 3.63) is 18.5 Å². The van der Waals surface area contributed by atoms with E-state index in [2.05, 4.69) is 20.2 Å². The number of ether oxygens (including phenoxy) is 2. The van der Waals surface area contributed by atoms with Crippen molar-refractivity contribution in [1.29, 1.82) is 0 Å². The largest absolute Gasteiger partial charge is 0.493 e. The van der Waals surface area contributed by atoms with Crippen LogP contribution in [0, 0.1) is 5.92 Å². The number of anilines is 1. The molecular formula is C21H28N4O3. The lowest BCUT2D eigenvalue weighted by Crippen LogP contribution is -2.41. The number of nitrogens with zero attached hydrogens (tertiary/aromatic N) is 3. The van der Waals surface area contributed by atoms with Crippen LogP contribution in [0.2, 0.25) is 0 Å². The van der Waals surface area contributed by atoms with Crippen LogP contribution in [0.3, 0.4) is 0 Å². The first-order chi connectivity index (χ1) is 13.7. The Morgan fingerprint density at radius 3 is 2.46 bits per heavy atom. The van der Waals surface area contributed by atoms with E-state index in [1.54, 1.807) is 20.5 Å². The summed E-state index contributed by atoms with van der Waals surface area (Å²) in [4.78, 5) is 23.4. The van der Waals surface area contributed by atoms with Crippen LogP contribution in [0.4, 0.5) is 5.82 Å². The second kappa shape index (κ2) is 8.20. The van der Waals surface area contributed by atoms with Gasteiger partial charge in [0.2, 0.25) is 5.91 Å². The third-order valence-corrected chi connectivity index (χ3v) is 5.98. The molecule has 1 aliphatic carbocycles. The predicted molar refractivity (Wildman–Crippen MR) is 108 cm³/mol. The minimum Gasteiger partial charge on any atom is -0.493 e. The van der Waals surface area contributed by atoms with Crippen molar-refractivity contribution >= 4 is 22.6 Å². The quantitative estimate of drug-likeness (QED) is 0.825. The van der Waals surface area contributed by atoms with Gasteiger partial charge >= 0.3 is 0 Å². The van der Waals surface area contributed by atoms with Gasteiger partial charge in [-0.15, -0.1) is 0 Å². The fourth-order valence-corrected chi connectivity index (χ4v) is 4.07. The molecule has 1 saturated carbocycles. The van der Waals surface area contributed by atoms with E-state index in [0.29, 0.717) is 29.9 Å². The van der Waals surface area contributed by atoms with Crippen LogP contribution in [0.15, 0.2) is 18.5 Å². The molecule has 0 spiro atoms. The summed E-state index contributed by atoms with van der Waals surface area (Å²) in [5.41, 5.74) is 0.838. The fourth-order valence-electron chi connectivity index (χ4n) is 4.07. The van der Waals surface area contributed by atoms with Crippen LogP contribution < -0.4 is 19.7 Å². The Bertz CT molecular complexity index is 845. The molecule has 0 bridgehead atoms. The molecule has 0 atom stereocenters. The zero-order chi connectivity index (χ0) is 19.5. The van der Waals surface area contributed by atoms with Crippen molar-refractivity contribution in [2.45, 2.75) is 44.6 Å². The average molecular weight is 384 g/mol. The van der Waals surface area contributed by atoms with Gasteiger partial charge in [0, 0.05) is 37.0 Å². The number of benzene rings is 1. The Morgan fingerprint density at radius 1 is 1.11 bits per heavy atom. The highest BCUT2D eigenvalue weighted by molar-refractivity contribution is 5.92. The molecule has 7 nitrogen and oxygen atoms in total. The molecular weight excluding hydrogens is 356 g/mol. The summed E-state index contributed by atoms with van der Waals surface area (Å²) in [6, 6.07) is 4.25. The summed E-state index contributed by atoms with van der Waals surface area (Å²) in [6.07, 6.45) is 7.75. The second-order valence-electron chi connectivity index (χ2n) is 7.75. The first-order valence-corrected chi connectivity index (χ1v) is 10.1. The Balaban J connectivity index is 1.44. The summed E-state index contributed by atoms with van der Waals surface area (Å²) in [6.45, 7) is 1.78. The van der Waals surface area contributed by atoms with Gasteiger partial charge in [-0.25, -0.2) is 9.97 Å². The van der Waals surface area contributed by atoms with Crippen molar-refractivity contribution in [2.24, 2.45) is 5.92 Å². The van der Waals surface area contributed by atoms with Crippen LogP contribution >= 0.6 is 0 Å². The van der Waals surface area contributed by atoms with Gasteiger partial charge in [0.05, 0.1) is 19.7 Å². The fraction of sp³-hybridized carbons (Fsp3) is 0.571. The zero-order valence-electron chi connectivity index (χ0n) is 16.6. The summed E-state index contributed by atoms with van der Waals surface area (Å²) >= 11 is 0. The zero-order valence-corrected chi connectivity index (χ0v) is 16.6. The number of hydrogen-bond donors (Lipinski definition) is 1. The van der Waals surface area contributed by atoms with Crippen molar-refractivity contribution < 1.29 is 14.3 Å². The van der Waals surface area contributed by atoms with E-state index in [9.17, 15) is 4.79 Å². The molecule has 1 amide bonds. The van der Waals surface area contributed by atoms with E-state index < -0.39 is 0 Å². The Labute approximate surface area is 165 Å². The maximum Gasteiger partial charge on any atom is 0.220 e. The second-order valence-corrected chi connectivity index (χ2v) is 7.75. The smallest absolute Gasteiger partial charge is 0.220 e. The van der Waals surface area contributed by atoms with Crippen LogP contribution in [0.25, 0.3) is 10.9 Å². The molecule has 2 aromatic rings. The summed E-state index contributed by atoms with van der Waals surface area (Å²) < 4.78 is 10.8. The summed E-state index contributed by atoms with van der Waals surface area (Å²) in [5, 5.41) is 4.11. The lowest BCUT2D eigenvalue weighted by atomic mass is 9.90. The molecule has 1 aliphatic heterocycles. The van der Waals surface area contributed by atoms with Crippen molar-refractivity contribution in [3.8, 4) is 11.5 Å². The number of fused-ring (bicyclic) bond motifs is 1. The first kappa shape index (κ1) is 18.8. The van der Waals surface area contributed by atoms with Crippen LogP contribution in [-0.4, -0.2) is 49.2 Å². The van der Waals surface area contributed by atoms with Crippen molar-refractivity contribution in [1.82, 2.24) is 15.3 Å². The third-order valence-electron chi connectivity index (χ3n) is 5.98. The molecule has 2 fully saturated rings. The molecule has 1 aromatic carbocycles. The molecule has 4 rings (SSSR count). The molecule has 2 heterocycles. The molecule has 150 valence electrons. The minimum absolute atomic E-state index is 0.215. The van der Waals surface area contributed by atoms with Gasteiger partial charge in [-0.3, -0.25) is 4.79 Å². The maximum atomic E-state index is 12.2. The van der Waals surface area contributed by atoms with Gasteiger partial charge < -0.3 is 19.7 Å². The van der Waals surface area contributed by atoms with Crippen molar-refractivity contribution in [3.63, 3.8) is 0 Å². The minimum atomic E-state index is 0.215. The Morgan fingerprint density at radius 2 is 1.82 bits per heavy atom. The molecule has 1 aromatic heterocycles. The number of nitrogens with one attached hydrogen (secondary N) is 1. The van der Waals surface area contributed by atoms with Crippen LogP contribution in [0.5, 0.6) is 11.5 Å². The molecule has 28 heavy (non-hydrogen) atoms. The Hall–Kier alpha value is -2.57. The van der Waals surface area contributed by atoms with E-state index in [0.717, 1.165) is 55.5 Å². The number of hydrogen-bond acceptors (Lipinski definition) is 6. The number of carbonyl (C=O) groups excluding carboxylic acids is 1. The molecule has 2 aliphatic rings. The van der Waals surface area contributed by atoms with E-state index in [1.165, 1.54) is 6.42 Å². The normalized spacial score (nSPS) is 18.0. The number of methoxy groups -OCH3 is 2. The third kappa shape index (κ3) is 3.84. The van der Waals surface area contributed by atoms with E-state index in [4.69, 9.17) is 9.47 Å². The van der Waals surface area contributed by atoms with Gasteiger partial charge in [0.1, 0.15) is 12.1 Å². The van der Waals surface area contributed by atoms with Gasteiger partial charge in [-0.2, -0.15) is 0 Å². The lowest BCUT2D eigenvalue weighted by Gasteiger charge is -2.34. The van der Waals surface area contributed by atoms with Gasteiger partial charge in [0.25, 0.3) is 0 Å². The predicted octanol–water partition coefficient (Wildman–Crippen LogP) is 2.92. The highest BCUT2D eigenvalue weighted by Gasteiger charge is 2.26. The molecule has 0 unspecified atom stereocenters. The topological polar surface area (TPSA) is 76.6 Å². The van der Waals surface area contributed by atoms with E-state index in [-0.39, 0.29) is 5.91 Å². The van der Waals surface area contributed by atoms with Crippen LogP contribution in [-0.2, 0) is 4.79 Å². The van der Waals surface area contributed by atoms with Crippen molar-refractivity contribution in [2.75, 3.05) is 32.2 Å². The Kier molecular flexibility index (Phi) is 5.50. The first-order valence-electron chi connectivity index (χ1n) is 10.1. The van der Waals surface area contributed by atoms with Gasteiger partial charge in [-0.1, -0.05) is 0 Å². The molecule has 1 N–H and O–H groups in total. The highest BCUT2D eigenvalue weighted by atomic mass is 16.5. The molecule has 1 saturated heterocycles. The number of amides is 1. The SMILES string of the molecule is COc1cc2ncnc(N3CCC(CC(=O)NC4CCC4)CC3)c2cc1OC. The monoisotopic (exact) mass is 384 g/mol. The molecule has 7 heteroatoms. The standard InChI is InChI=1S/C21H28N4O3/c1-27-18-11-16-17(12-19(18)28-2)22-13-23-21(16)25-8-6-14(7-9-25)10-20(26)24-15-4-3-5-15/h11-15H,3-10H2,1-2H3,(H,24,26). The summed E-state index contributed by atoms with van der Waals surface area (Å²) in [7, 11) is 3.25.